The van der Waals surface area contributed by atoms with E-state index in [1.165, 1.54) is 12.4 Å². The Morgan fingerprint density at radius 1 is 1.47 bits per heavy atom. The number of carbonyl (C=O) groups excluding carboxylic acids is 1. The Hall–Kier alpha value is -1.62. The lowest BCUT2D eigenvalue weighted by atomic mass is 10.1. The van der Waals surface area contributed by atoms with E-state index in [9.17, 15) is 9.90 Å². The van der Waals surface area contributed by atoms with Crippen molar-refractivity contribution in [1.82, 2.24) is 15.2 Å². The van der Waals surface area contributed by atoms with E-state index in [-0.39, 0.29) is 23.7 Å². The highest BCUT2D eigenvalue weighted by molar-refractivity contribution is 5.96. The van der Waals surface area contributed by atoms with Gasteiger partial charge in [-0.1, -0.05) is 0 Å². The average Bonchev–Trinajstić information content (AvgIpc) is 2.27. The molecule has 2 heterocycles. The van der Waals surface area contributed by atoms with Gasteiger partial charge < -0.3 is 15.3 Å². The molecule has 5 heteroatoms. The molecule has 1 aromatic rings. The first-order valence-electron chi connectivity index (χ1n) is 5.76. The molecule has 1 aliphatic rings. The van der Waals surface area contributed by atoms with Gasteiger partial charge in [0, 0.05) is 31.4 Å². The van der Waals surface area contributed by atoms with Crippen molar-refractivity contribution in [2.24, 2.45) is 0 Å². The summed E-state index contributed by atoms with van der Waals surface area (Å²) in [6.07, 6.45) is 2.81. The number of hydrogen-bond donors (Lipinski definition) is 2. The van der Waals surface area contributed by atoms with Gasteiger partial charge in [0.15, 0.2) is 0 Å². The second-order valence-electron chi connectivity index (χ2n) is 4.57. The van der Waals surface area contributed by atoms with Crippen molar-refractivity contribution in [3.63, 3.8) is 0 Å². The van der Waals surface area contributed by atoms with Crippen LogP contribution in [0.15, 0.2) is 18.5 Å². The number of carbonyl (C=O) groups is 1. The summed E-state index contributed by atoms with van der Waals surface area (Å²) in [5.74, 6) is -0.193. The maximum absolute atomic E-state index is 12.2. The highest BCUT2D eigenvalue weighted by atomic mass is 16.3. The first kappa shape index (κ1) is 11.9. The smallest absolute Gasteiger partial charge is 0.257 e. The lowest BCUT2D eigenvalue weighted by Crippen LogP contribution is -2.55. The van der Waals surface area contributed by atoms with Gasteiger partial charge in [0.2, 0.25) is 0 Å². The summed E-state index contributed by atoms with van der Waals surface area (Å²) in [6, 6.07) is 2.09. The first-order valence-corrected chi connectivity index (χ1v) is 5.76. The molecule has 0 bridgehead atoms. The Morgan fingerprint density at radius 3 is 2.71 bits per heavy atom. The zero-order chi connectivity index (χ0) is 12.4. The van der Waals surface area contributed by atoms with Crippen molar-refractivity contribution in [3.05, 3.63) is 24.0 Å². The number of nitrogens with one attached hydrogen (secondary N) is 1. The summed E-state index contributed by atoms with van der Waals surface area (Å²) in [5, 5.41) is 13.0. The molecule has 1 aliphatic heterocycles. The predicted molar refractivity (Wildman–Crippen MR) is 63.9 cm³/mol. The van der Waals surface area contributed by atoms with E-state index >= 15 is 0 Å². The van der Waals surface area contributed by atoms with E-state index in [0.717, 1.165) is 0 Å². The molecular weight excluding hydrogens is 218 g/mol. The van der Waals surface area contributed by atoms with Crippen LogP contribution in [-0.2, 0) is 0 Å². The number of hydrogen-bond acceptors (Lipinski definition) is 4. The molecule has 5 nitrogen and oxygen atoms in total. The Kier molecular flexibility index (Phi) is 3.28. The Labute approximate surface area is 100 Å². The van der Waals surface area contributed by atoms with Gasteiger partial charge in [-0.05, 0) is 19.9 Å². The maximum Gasteiger partial charge on any atom is 0.257 e. The molecule has 2 unspecified atom stereocenters. The molecule has 1 saturated heterocycles. The van der Waals surface area contributed by atoms with Crippen molar-refractivity contribution >= 4 is 5.91 Å². The fourth-order valence-electron chi connectivity index (χ4n) is 2.23. The van der Waals surface area contributed by atoms with Gasteiger partial charge in [0.25, 0.3) is 5.91 Å². The van der Waals surface area contributed by atoms with E-state index in [4.69, 9.17) is 0 Å². The summed E-state index contributed by atoms with van der Waals surface area (Å²) in [6.45, 7) is 5.40. The number of pyridine rings is 1. The van der Waals surface area contributed by atoms with Gasteiger partial charge in [0.05, 0.1) is 11.8 Å². The van der Waals surface area contributed by atoms with Crippen LogP contribution in [-0.4, -0.2) is 46.1 Å². The molecule has 1 aromatic heterocycles. The van der Waals surface area contributed by atoms with Crippen LogP contribution < -0.4 is 5.32 Å². The molecule has 2 atom stereocenters. The minimum Gasteiger partial charge on any atom is -0.505 e. The fraction of sp³-hybridized carbons (Fsp3) is 0.500. The molecule has 1 fully saturated rings. The molecular formula is C12H17N3O2. The van der Waals surface area contributed by atoms with Crippen LogP contribution in [0.1, 0.15) is 24.2 Å². The highest BCUT2D eigenvalue weighted by Gasteiger charge is 2.26. The van der Waals surface area contributed by atoms with Crippen LogP contribution in [0.5, 0.6) is 5.75 Å². The van der Waals surface area contributed by atoms with Crippen molar-refractivity contribution in [1.29, 1.82) is 0 Å². The van der Waals surface area contributed by atoms with Gasteiger partial charge >= 0.3 is 0 Å². The molecule has 0 radical (unpaired) electrons. The molecule has 2 N–H and O–H groups in total. The summed E-state index contributed by atoms with van der Waals surface area (Å²) in [5.41, 5.74) is 0.321. The van der Waals surface area contributed by atoms with Crippen molar-refractivity contribution in [2.45, 2.75) is 25.9 Å². The normalized spacial score (nSPS) is 24.7. The molecule has 92 valence electrons. The number of nitrogens with zero attached hydrogens (tertiary/aromatic N) is 2. The zero-order valence-corrected chi connectivity index (χ0v) is 10.1. The second-order valence-corrected chi connectivity index (χ2v) is 4.57. The van der Waals surface area contributed by atoms with E-state index in [0.29, 0.717) is 18.7 Å². The van der Waals surface area contributed by atoms with Gasteiger partial charge in [-0.2, -0.15) is 0 Å². The summed E-state index contributed by atoms with van der Waals surface area (Å²) in [7, 11) is 0. The number of aromatic hydroxyl groups is 1. The number of amides is 1. The minimum absolute atomic E-state index is 0.0589. The van der Waals surface area contributed by atoms with Crippen LogP contribution >= 0.6 is 0 Å². The van der Waals surface area contributed by atoms with Crippen LogP contribution in [0.4, 0.5) is 0 Å². The fourth-order valence-corrected chi connectivity index (χ4v) is 2.23. The largest absolute Gasteiger partial charge is 0.505 e. The second kappa shape index (κ2) is 4.71. The minimum atomic E-state index is -0.134. The van der Waals surface area contributed by atoms with Gasteiger partial charge in [-0.15, -0.1) is 0 Å². The summed E-state index contributed by atoms with van der Waals surface area (Å²) in [4.78, 5) is 17.8. The predicted octanol–water partition coefficient (Wildman–Crippen LogP) is 0.610. The third-order valence-corrected chi connectivity index (χ3v) is 2.88. The Balaban J connectivity index is 2.17. The van der Waals surface area contributed by atoms with Gasteiger partial charge in [-0.25, -0.2) is 0 Å². The van der Waals surface area contributed by atoms with E-state index in [2.05, 4.69) is 10.3 Å². The van der Waals surface area contributed by atoms with Crippen molar-refractivity contribution in [2.75, 3.05) is 13.1 Å². The molecule has 0 aromatic carbocycles. The van der Waals surface area contributed by atoms with Crippen LogP contribution in [0.2, 0.25) is 0 Å². The van der Waals surface area contributed by atoms with Gasteiger partial charge in [-0.3, -0.25) is 9.78 Å². The van der Waals surface area contributed by atoms with E-state index < -0.39 is 0 Å². The van der Waals surface area contributed by atoms with E-state index in [1.807, 2.05) is 13.8 Å². The molecule has 0 aliphatic carbocycles. The van der Waals surface area contributed by atoms with Crippen LogP contribution in [0.3, 0.4) is 0 Å². The highest BCUT2D eigenvalue weighted by Crippen LogP contribution is 2.18. The van der Waals surface area contributed by atoms with Crippen LogP contribution in [0, 0.1) is 0 Å². The molecule has 2 rings (SSSR count). The SMILES string of the molecule is CC1CN(C(=O)c2ccncc2O)CC(C)N1. The first-order chi connectivity index (χ1) is 8.08. The Morgan fingerprint density at radius 2 is 2.12 bits per heavy atom. The number of aromatic nitrogens is 1. The average molecular weight is 235 g/mol. The Bertz CT molecular complexity index is 412. The standard InChI is InChI=1S/C12H17N3O2/c1-8-6-15(7-9(2)14-8)12(17)10-3-4-13-5-11(10)16/h3-5,8-9,14,16H,6-7H2,1-2H3. The zero-order valence-electron chi connectivity index (χ0n) is 10.1. The quantitative estimate of drug-likeness (QED) is 0.748. The molecule has 0 saturated carbocycles. The lowest BCUT2D eigenvalue weighted by molar-refractivity contribution is 0.0670. The number of piperazine rings is 1. The third-order valence-electron chi connectivity index (χ3n) is 2.88. The topological polar surface area (TPSA) is 65.5 Å². The number of rotatable bonds is 1. The van der Waals surface area contributed by atoms with Crippen LogP contribution in [0.25, 0.3) is 0 Å². The summed E-state index contributed by atoms with van der Waals surface area (Å²) < 4.78 is 0. The third kappa shape index (κ3) is 2.55. The van der Waals surface area contributed by atoms with Crippen molar-refractivity contribution < 1.29 is 9.90 Å². The lowest BCUT2D eigenvalue weighted by Gasteiger charge is -2.36. The van der Waals surface area contributed by atoms with E-state index in [1.54, 1.807) is 11.0 Å². The molecule has 1 amide bonds. The van der Waals surface area contributed by atoms with Crippen molar-refractivity contribution in [3.8, 4) is 5.75 Å². The molecule has 0 spiro atoms. The maximum atomic E-state index is 12.2. The monoisotopic (exact) mass is 235 g/mol. The molecule has 17 heavy (non-hydrogen) atoms. The summed E-state index contributed by atoms with van der Waals surface area (Å²) >= 11 is 0. The van der Waals surface area contributed by atoms with Gasteiger partial charge in [0.1, 0.15) is 5.75 Å².